The Morgan fingerprint density at radius 1 is 1.39 bits per heavy atom. The number of rotatable bonds is 8. The fraction of sp³-hybridized carbons (Fsp3) is 0.524. The van der Waals surface area contributed by atoms with E-state index in [4.69, 9.17) is 9.72 Å². The molecule has 150 valence electrons. The van der Waals surface area contributed by atoms with Gasteiger partial charge in [-0.15, -0.1) is 11.3 Å². The molecule has 1 saturated heterocycles. The van der Waals surface area contributed by atoms with Gasteiger partial charge in [-0.3, -0.25) is 14.6 Å². The van der Waals surface area contributed by atoms with E-state index < -0.39 is 5.41 Å². The van der Waals surface area contributed by atoms with Crippen LogP contribution in [0.25, 0.3) is 0 Å². The summed E-state index contributed by atoms with van der Waals surface area (Å²) in [6.45, 7) is 6.75. The molecule has 0 bridgehead atoms. The van der Waals surface area contributed by atoms with E-state index in [1.54, 1.807) is 28.6 Å². The lowest BCUT2D eigenvalue weighted by atomic mass is 9.84. The number of Topliss-reactive ketones (excluding diaryl/α,β-unsaturated/α-hetero) is 1. The number of nitrogens with zero attached hydrogens (tertiary/aromatic N) is 3. The van der Waals surface area contributed by atoms with E-state index in [9.17, 15) is 9.59 Å². The summed E-state index contributed by atoms with van der Waals surface area (Å²) in [5.74, 6) is 0.0668. The molecule has 1 amide bonds. The van der Waals surface area contributed by atoms with Crippen LogP contribution in [0.3, 0.4) is 0 Å². The van der Waals surface area contributed by atoms with Crippen LogP contribution in [0.15, 0.2) is 29.9 Å². The molecule has 0 aromatic carbocycles. The zero-order valence-corrected chi connectivity index (χ0v) is 17.5. The van der Waals surface area contributed by atoms with Crippen molar-refractivity contribution in [2.24, 2.45) is 5.41 Å². The number of hydrogen-bond acceptors (Lipinski definition) is 6. The van der Waals surface area contributed by atoms with E-state index in [2.05, 4.69) is 4.98 Å². The van der Waals surface area contributed by atoms with Crippen LogP contribution in [0.4, 0.5) is 0 Å². The van der Waals surface area contributed by atoms with E-state index in [-0.39, 0.29) is 17.7 Å². The SMILES string of the molecule is CCC(C)(C)C(=O)C(=O)N1CCCC1c1nc(CCOc2cccnc2)cs1. The number of carbonyl (C=O) groups is 2. The Kier molecular flexibility index (Phi) is 6.44. The molecular formula is C21H27N3O3S. The van der Waals surface area contributed by atoms with Crippen molar-refractivity contribution in [3.8, 4) is 5.75 Å². The molecule has 2 aromatic rings. The second-order valence-corrected chi connectivity index (χ2v) is 8.58. The largest absolute Gasteiger partial charge is 0.492 e. The number of likely N-dealkylation sites (tertiary alicyclic amines) is 1. The number of ether oxygens (including phenoxy) is 1. The number of ketones is 1. The summed E-state index contributed by atoms with van der Waals surface area (Å²) >= 11 is 1.55. The number of carbonyl (C=O) groups excluding carboxylic acids is 2. The van der Waals surface area contributed by atoms with Gasteiger partial charge in [-0.05, 0) is 31.4 Å². The maximum absolute atomic E-state index is 12.8. The molecule has 1 aliphatic rings. The molecule has 0 spiro atoms. The minimum Gasteiger partial charge on any atom is -0.492 e. The average molecular weight is 402 g/mol. The first-order valence-corrected chi connectivity index (χ1v) is 10.6. The lowest BCUT2D eigenvalue weighted by molar-refractivity contribution is -0.149. The van der Waals surface area contributed by atoms with Gasteiger partial charge in [0.2, 0.25) is 5.78 Å². The van der Waals surface area contributed by atoms with Gasteiger partial charge in [0.1, 0.15) is 10.8 Å². The van der Waals surface area contributed by atoms with Crippen molar-refractivity contribution in [1.82, 2.24) is 14.9 Å². The zero-order chi connectivity index (χ0) is 20.1. The van der Waals surface area contributed by atoms with E-state index >= 15 is 0 Å². The Hall–Kier alpha value is -2.28. The minimum atomic E-state index is -0.623. The van der Waals surface area contributed by atoms with E-state index in [0.717, 1.165) is 29.3 Å². The van der Waals surface area contributed by atoms with Gasteiger partial charge in [0, 0.05) is 30.0 Å². The van der Waals surface area contributed by atoms with Crippen LogP contribution in [-0.2, 0) is 16.0 Å². The van der Waals surface area contributed by atoms with Crippen LogP contribution in [0.2, 0.25) is 0 Å². The standard InChI is InChI=1S/C21H27N3O3S/c1-4-21(2,3)18(25)20(26)24-11-6-8-17(24)19-23-15(14-28-19)9-12-27-16-7-5-10-22-13-16/h5,7,10,13-14,17H,4,6,8-9,11-12H2,1-3H3. The molecular weight excluding hydrogens is 374 g/mol. The summed E-state index contributed by atoms with van der Waals surface area (Å²) in [4.78, 5) is 35.9. The average Bonchev–Trinajstić information content (AvgIpc) is 3.37. The Bertz CT molecular complexity index is 819. The van der Waals surface area contributed by atoms with Crippen LogP contribution in [0.5, 0.6) is 5.75 Å². The summed E-state index contributed by atoms with van der Waals surface area (Å²) in [7, 11) is 0. The van der Waals surface area contributed by atoms with E-state index in [1.807, 2.05) is 38.3 Å². The van der Waals surface area contributed by atoms with Gasteiger partial charge in [-0.2, -0.15) is 0 Å². The smallest absolute Gasteiger partial charge is 0.291 e. The number of aromatic nitrogens is 2. The lowest BCUT2D eigenvalue weighted by Crippen LogP contribution is -2.42. The molecule has 7 heteroatoms. The van der Waals surface area contributed by atoms with Crippen molar-refractivity contribution in [2.75, 3.05) is 13.2 Å². The Labute approximate surface area is 170 Å². The third kappa shape index (κ3) is 4.58. The molecule has 1 aliphatic heterocycles. The van der Waals surface area contributed by atoms with Crippen LogP contribution < -0.4 is 4.74 Å². The van der Waals surface area contributed by atoms with Gasteiger partial charge in [-0.25, -0.2) is 4.98 Å². The summed E-state index contributed by atoms with van der Waals surface area (Å²) in [6, 6.07) is 3.61. The Balaban J connectivity index is 1.61. The first kappa shape index (κ1) is 20.5. The van der Waals surface area contributed by atoms with Gasteiger partial charge >= 0.3 is 0 Å². The second-order valence-electron chi connectivity index (χ2n) is 7.69. The van der Waals surface area contributed by atoms with Crippen LogP contribution in [-0.4, -0.2) is 39.7 Å². The van der Waals surface area contributed by atoms with E-state index in [0.29, 0.717) is 26.0 Å². The van der Waals surface area contributed by atoms with Crippen LogP contribution >= 0.6 is 11.3 Å². The third-order valence-electron chi connectivity index (χ3n) is 5.32. The Morgan fingerprint density at radius 3 is 2.93 bits per heavy atom. The van der Waals surface area contributed by atoms with Gasteiger partial charge in [0.05, 0.1) is 24.5 Å². The zero-order valence-electron chi connectivity index (χ0n) is 16.7. The van der Waals surface area contributed by atoms with Gasteiger partial charge in [-0.1, -0.05) is 20.8 Å². The molecule has 1 fully saturated rings. The molecule has 3 heterocycles. The van der Waals surface area contributed by atoms with Crippen molar-refractivity contribution < 1.29 is 14.3 Å². The predicted octanol–water partition coefficient (Wildman–Crippen LogP) is 3.83. The molecule has 6 nitrogen and oxygen atoms in total. The fourth-order valence-electron chi connectivity index (χ4n) is 3.14. The molecule has 0 aliphatic carbocycles. The first-order valence-electron chi connectivity index (χ1n) is 9.75. The minimum absolute atomic E-state index is 0.0953. The summed E-state index contributed by atoms with van der Waals surface area (Å²) in [6.07, 6.45) is 6.48. The maximum atomic E-state index is 12.8. The molecule has 0 radical (unpaired) electrons. The van der Waals surface area contributed by atoms with Crippen molar-refractivity contribution in [3.63, 3.8) is 0 Å². The van der Waals surface area contributed by atoms with Crippen molar-refractivity contribution in [1.29, 1.82) is 0 Å². The molecule has 28 heavy (non-hydrogen) atoms. The predicted molar refractivity (Wildman–Crippen MR) is 108 cm³/mol. The van der Waals surface area contributed by atoms with Crippen molar-refractivity contribution >= 4 is 23.0 Å². The number of hydrogen-bond donors (Lipinski definition) is 0. The third-order valence-corrected chi connectivity index (χ3v) is 6.32. The Morgan fingerprint density at radius 2 is 2.21 bits per heavy atom. The number of pyridine rings is 1. The highest BCUT2D eigenvalue weighted by molar-refractivity contribution is 7.09. The van der Waals surface area contributed by atoms with Gasteiger partial charge in [0.15, 0.2) is 0 Å². The second kappa shape index (κ2) is 8.82. The van der Waals surface area contributed by atoms with Crippen molar-refractivity contribution in [2.45, 2.75) is 52.5 Å². The molecule has 0 saturated carbocycles. The highest BCUT2D eigenvalue weighted by atomic mass is 32.1. The van der Waals surface area contributed by atoms with Crippen molar-refractivity contribution in [3.05, 3.63) is 40.6 Å². The quantitative estimate of drug-likeness (QED) is 0.629. The van der Waals surface area contributed by atoms with Crippen LogP contribution in [0.1, 0.15) is 56.8 Å². The summed E-state index contributed by atoms with van der Waals surface area (Å²) in [5, 5.41) is 2.92. The van der Waals surface area contributed by atoms with E-state index in [1.165, 1.54) is 0 Å². The van der Waals surface area contributed by atoms with Gasteiger partial charge < -0.3 is 9.64 Å². The molecule has 3 rings (SSSR count). The maximum Gasteiger partial charge on any atom is 0.291 e. The van der Waals surface area contributed by atoms with Crippen LogP contribution in [0, 0.1) is 5.41 Å². The molecule has 1 atom stereocenters. The summed E-state index contributed by atoms with van der Waals surface area (Å²) < 4.78 is 5.68. The highest BCUT2D eigenvalue weighted by Crippen LogP contribution is 2.35. The summed E-state index contributed by atoms with van der Waals surface area (Å²) in [5.41, 5.74) is 0.324. The number of amides is 1. The molecule has 0 N–H and O–H groups in total. The monoisotopic (exact) mass is 401 g/mol. The number of thiazole rings is 1. The fourth-order valence-corrected chi connectivity index (χ4v) is 4.14. The lowest BCUT2D eigenvalue weighted by Gasteiger charge is -2.27. The first-order chi connectivity index (χ1) is 13.4. The normalized spacial score (nSPS) is 17.0. The molecule has 2 aromatic heterocycles. The van der Waals surface area contributed by atoms with Gasteiger partial charge in [0.25, 0.3) is 5.91 Å². The topological polar surface area (TPSA) is 72.4 Å². The molecule has 1 unspecified atom stereocenters. The highest BCUT2D eigenvalue weighted by Gasteiger charge is 2.40.